The molecular formula is C10H15N3O3. The summed E-state index contributed by atoms with van der Waals surface area (Å²) in [6, 6.07) is -1.32. The van der Waals surface area contributed by atoms with E-state index in [1.54, 1.807) is 0 Å². The Morgan fingerprint density at radius 1 is 1.44 bits per heavy atom. The van der Waals surface area contributed by atoms with Gasteiger partial charge in [-0.25, -0.2) is 0 Å². The number of fused-ring (bicyclic) bond motifs is 1. The van der Waals surface area contributed by atoms with Crippen molar-refractivity contribution in [3.8, 4) is 0 Å². The summed E-state index contributed by atoms with van der Waals surface area (Å²) in [5, 5.41) is 25.4. The number of aromatic nitrogens is 2. The molecular weight excluding hydrogens is 210 g/mol. The molecule has 0 amide bonds. The monoisotopic (exact) mass is 225 g/mol. The summed E-state index contributed by atoms with van der Waals surface area (Å²) >= 11 is 0. The smallest absolute Gasteiger partial charge is 0.323 e. The van der Waals surface area contributed by atoms with Gasteiger partial charge in [-0.05, 0) is 31.2 Å². The normalized spacial score (nSPS) is 18.9. The third-order valence-corrected chi connectivity index (χ3v) is 2.99. The van der Waals surface area contributed by atoms with Crippen molar-refractivity contribution in [2.45, 2.75) is 37.8 Å². The van der Waals surface area contributed by atoms with Crippen molar-refractivity contribution in [2.75, 3.05) is 0 Å². The van der Waals surface area contributed by atoms with Crippen LogP contribution in [0.25, 0.3) is 0 Å². The molecule has 1 heterocycles. The zero-order valence-electron chi connectivity index (χ0n) is 8.81. The van der Waals surface area contributed by atoms with Gasteiger partial charge in [0.05, 0.1) is 5.69 Å². The van der Waals surface area contributed by atoms with E-state index < -0.39 is 18.1 Å². The summed E-state index contributed by atoms with van der Waals surface area (Å²) < 4.78 is 0. The van der Waals surface area contributed by atoms with Crippen LogP contribution in [0, 0.1) is 0 Å². The molecule has 1 aliphatic rings. The number of rotatable bonds is 3. The summed E-state index contributed by atoms with van der Waals surface area (Å²) in [5.41, 5.74) is 7.71. The summed E-state index contributed by atoms with van der Waals surface area (Å²) in [4.78, 5) is 10.7. The predicted octanol–water partition coefficient (Wildman–Crippen LogP) is -0.266. The number of carboxylic acid groups (broad SMARTS) is 1. The van der Waals surface area contributed by atoms with Crippen molar-refractivity contribution in [3.63, 3.8) is 0 Å². The minimum absolute atomic E-state index is 0.393. The Balaban J connectivity index is 2.26. The van der Waals surface area contributed by atoms with Crippen LogP contribution in [0.15, 0.2) is 0 Å². The first-order valence-corrected chi connectivity index (χ1v) is 5.33. The molecule has 0 aliphatic heterocycles. The fraction of sp³-hybridized carbons (Fsp3) is 0.600. The van der Waals surface area contributed by atoms with Crippen molar-refractivity contribution in [1.82, 2.24) is 10.2 Å². The van der Waals surface area contributed by atoms with Gasteiger partial charge in [0.1, 0.15) is 12.1 Å². The summed E-state index contributed by atoms with van der Waals surface area (Å²) in [7, 11) is 0. The highest BCUT2D eigenvalue weighted by atomic mass is 16.4. The Morgan fingerprint density at radius 3 is 2.81 bits per heavy atom. The van der Waals surface area contributed by atoms with Crippen LogP contribution in [0.2, 0.25) is 0 Å². The molecule has 0 saturated carbocycles. The fourth-order valence-corrected chi connectivity index (χ4v) is 2.06. The van der Waals surface area contributed by atoms with Crippen molar-refractivity contribution >= 4 is 5.97 Å². The van der Waals surface area contributed by atoms with Crippen LogP contribution < -0.4 is 5.73 Å². The van der Waals surface area contributed by atoms with E-state index in [0.717, 1.165) is 36.9 Å². The molecule has 2 unspecified atom stereocenters. The second-order valence-electron chi connectivity index (χ2n) is 4.08. The molecule has 16 heavy (non-hydrogen) atoms. The predicted molar refractivity (Wildman–Crippen MR) is 55.8 cm³/mol. The molecule has 2 rings (SSSR count). The van der Waals surface area contributed by atoms with Gasteiger partial charge >= 0.3 is 5.97 Å². The minimum Gasteiger partial charge on any atom is -0.480 e. The molecule has 1 aromatic heterocycles. The molecule has 6 nitrogen and oxygen atoms in total. The van der Waals surface area contributed by atoms with Gasteiger partial charge in [0.25, 0.3) is 0 Å². The number of aryl methyl sites for hydroxylation is 1. The van der Waals surface area contributed by atoms with Gasteiger partial charge in [0, 0.05) is 5.69 Å². The largest absolute Gasteiger partial charge is 0.480 e. The van der Waals surface area contributed by atoms with Crippen LogP contribution in [0.1, 0.15) is 35.9 Å². The number of aliphatic hydroxyl groups is 1. The van der Waals surface area contributed by atoms with Gasteiger partial charge in [0.2, 0.25) is 0 Å². The quantitative estimate of drug-likeness (QED) is 0.566. The first-order valence-electron chi connectivity index (χ1n) is 5.33. The standard InChI is InChI=1S/C10H15N3O3/c11-7(10(15)16)9(14)8-5-3-1-2-4-6(5)12-13-8/h7,9,14H,1-4,11H2,(H,12,13)(H,15,16). The number of H-pyrrole nitrogens is 1. The van der Waals surface area contributed by atoms with E-state index in [1.807, 2.05) is 0 Å². The topological polar surface area (TPSA) is 112 Å². The third-order valence-electron chi connectivity index (χ3n) is 2.99. The van der Waals surface area contributed by atoms with E-state index in [0.29, 0.717) is 5.69 Å². The SMILES string of the molecule is NC(C(=O)O)C(O)c1n[nH]c2c1CCCC2. The first kappa shape index (κ1) is 11.1. The maximum Gasteiger partial charge on any atom is 0.323 e. The number of aliphatic hydroxyl groups excluding tert-OH is 1. The van der Waals surface area contributed by atoms with E-state index in [2.05, 4.69) is 10.2 Å². The molecule has 1 aromatic rings. The molecule has 0 aromatic carbocycles. The van der Waals surface area contributed by atoms with Gasteiger partial charge in [-0.2, -0.15) is 5.10 Å². The van der Waals surface area contributed by atoms with Crippen molar-refractivity contribution in [3.05, 3.63) is 17.0 Å². The van der Waals surface area contributed by atoms with Crippen molar-refractivity contribution in [2.24, 2.45) is 5.73 Å². The van der Waals surface area contributed by atoms with E-state index in [9.17, 15) is 9.90 Å². The van der Waals surface area contributed by atoms with Crippen LogP contribution in [-0.2, 0) is 17.6 Å². The van der Waals surface area contributed by atoms with Crippen LogP contribution in [0.4, 0.5) is 0 Å². The Bertz CT molecular complexity index is 402. The van der Waals surface area contributed by atoms with Gasteiger partial charge in [-0.1, -0.05) is 0 Å². The number of nitrogens with zero attached hydrogens (tertiary/aromatic N) is 1. The molecule has 0 fully saturated rings. The molecule has 0 radical (unpaired) electrons. The Morgan fingerprint density at radius 2 is 2.12 bits per heavy atom. The molecule has 6 heteroatoms. The van der Waals surface area contributed by atoms with E-state index in [4.69, 9.17) is 10.8 Å². The second-order valence-corrected chi connectivity index (χ2v) is 4.08. The van der Waals surface area contributed by atoms with Gasteiger partial charge in [-0.3, -0.25) is 9.89 Å². The number of aromatic amines is 1. The zero-order valence-corrected chi connectivity index (χ0v) is 8.81. The lowest BCUT2D eigenvalue weighted by molar-refractivity contribution is -0.141. The first-order chi connectivity index (χ1) is 7.61. The Labute approximate surface area is 92.5 Å². The Hall–Kier alpha value is -1.40. The summed E-state index contributed by atoms with van der Waals surface area (Å²) in [6.07, 6.45) is 2.61. The van der Waals surface area contributed by atoms with Crippen LogP contribution in [0.3, 0.4) is 0 Å². The lowest BCUT2D eigenvalue weighted by Crippen LogP contribution is -2.37. The van der Waals surface area contributed by atoms with Crippen molar-refractivity contribution in [1.29, 1.82) is 0 Å². The van der Waals surface area contributed by atoms with Crippen molar-refractivity contribution < 1.29 is 15.0 Å². The molecule has 2 atom stereocenters. The van der Waals surface area contributed by atoms with Crippen LogP contribution >= 0.6 is 0 Å². The van der Waals surface area contributed by atoms with E-state index >= 15 is 0 Å². The number of hydrogen-bond donors (Lipinski definition) is 4. The number of nitrogens with one attached hydrogen (secondary N) is 1. The maximum atomic E-state index is 10.7. The second kappa shape index (κ2) is 4.23. The average molecular weight is 225 g/mol. The summed E-state index contributed by atoms with van der Waals surface area (Å²) in [5.74, 6) is -1.22. The van der Waals surface area contributed by atoms with Gasteiger partial charge < -0.3 is 15.9 Å². The molecule has 0 bridgehead atoms. The maximum absolute atomic E-state index is 10.7. The lowest BCUT2D eigenvalue weighted by Gasteiger charge is -2.16. The van der Waals surface area contributed by atoms with Crippen LogP contribution in [0.5, 0.6) is 0 Å². The van der Waals surface area contributed by atoms with Gasteiger partial charge in [0.15, 0.2) is 0 Å². The van der Waals surface area contributed by atoms with Crippen LogP contribution in [-0.4, -0.2) is 32.4 Å². The van der Waals surface area contributed by atoms with E-state index in [1.165, 1.54) is 0 Å². The zero-order chi connectivity index (χ0) is 11.7. The average Bonchev–Trinajstić information content (AvgIpc) is 2.70. The molecule has 1 aliphatic carbocycles. The highest BCUT2D eigenvalue weighted by Crippen LogP contribution is 2.27. The number of carbonyl (C=O) groups is 1. The highest BCUT2D eigenvalue weighted by Gasteiger charge is 2.29. The number of hydrogen-bond acceptors (Lipinski definition) is 4. The molecule has 0 spiro atoms. The minimum atomic E-state index is -1.32. The molecule has 0 saturated heterocycles. The van der Waals surface area contributed by atoms with Gasteiger partial charge in [-0.15, -0.1) is 0 Å². The third kappa shape index (κ3) is 1.81. The number of carboxylic acids is 1. The lowest BCUT2D eigenvalue weighted by atomic mass is 9.93. The number of aliphatic carboxylic acids is 1. The van der Waals surface area contributed by atoms with E-state index in [-0.39, 0.29) is 0 Å². The fourth-order valence-electron chi connectivity index (χ4n) is 2.06. The molecule has 88 valence electrons. The summed E-state index contributed by atoms with van der Waals surface area (Å²) in [6.45, 7) is 0. The highest BCUT2D eigenvalue weighted by molar-refractivity contribution is 5.74. The molecule has 5 N–H and O–H groups in total. The number of nitrogens with two attached hydrogens (primary N) is 1. The Kier molecular flexibility index (Phi) is 2.93.